The van der Waals surface area contributed by atoms with Gasteiger partial charge in [0.25, 0.3) is 5.91 Å². The fourth-order valence-corrected chi connectivity index (χ4v) is 6.02. The molecular formula is C24H35N5O4S. The van der Waals surface area contributed by atoms with Crippen LogP contribution in [0.1, 0.15) is 43.9 Å². The number of rotatable bonds is 10. The Bertz CT molecular complexity index is 1130. The Morgan fingerprint density at radius 2 is 1.88 bits per heavy atom. The Hall–Kier alpha value is -2.56. The summed E-state index contributed by atoms with van der Waals surface area (Å²) < 4.78 is 29.2. The van der Waals surface area contributed by atoms with Crippen LogP contribution in [-0.4, -0.2) is 66.4 Å². The van der Waals surface area contributed by atoms with E-state index < -0.39 is 27.4 Å². The molecule has 1 aliphatic heterocycles. The average Bonchev–Trinajstić information content (AvgIpc) is 3.16. The Morgan fingerprint density at radius 3 is 2.47 bits per heavy atom. The van der Waals surface area contributed by atoms with Crippen LogP contribution in [0.3, 0.4) is 0 Å². The van der Waals surface area contributed by atoms with Gasteiger partial charge in [0.15, 0.2) is 5.69 Å². The first-order valence-corrected chi connectivity index (χ1v) is 13.1. The van der Waals surface area contributed by atoms with E-state index in [0.29, 0.717) is 31.2 Å². The summed E-state index contributed by atoms with van der Waals surface area (Å²) in [6.07, 6.45) is 0.731. The van der Waals surface area contributed by atoms with E-state index >= 15 is 0 Å². The number of nitrogens with zero attached hydrogens (tertiary/aromatic N) is 3. The first kappa shape index (κ1) is 26.1. The maximum atomic E-state index is 13.4. The molecule has 2 heterocycles. The van der Waals surface area contributed by atoms with Crippen LogP contribution in [0, 0.1) is 11.3 Å². The standard InChI is InChI=1S/C24H35N5O4S/c1-17(2)15-34(32,33)28-11-12-29-19(13-28)21(27-22(29)18-9-7-6-8-10-18)23(31)26-20(14-30)24(3,4)16-25-5/h6-10,14,17,20,25H,11-13,15-16H2,1-5H3,(H,26,31)/t20-/m1/s1. The zero-order valence-electron chi connectivity index (χ0n) is 20.5. The first-order chi connectivity index (χ1) is 16.0. The number of aromatic nitrogens is 2. The summed E-state index contributed by atoms with van der Waals surface area (Å²) in [6.45, 7) is 8.79. The van der Waals surface area contributed by atoms with Crippen LogP contribution in [-0.2, 0) is 27.9 Å². The number of amides is 1. The normalized spacial score (nSPS) is 15.7. The zero-order chi connectivity index (χ0) is 25.1. The van der Waals surface area contributed by atoms with Crippen molar-refractivity contribution in [3.8, 4) is 11.4 Å². The molecule has 1 atom stereocenters. The van der Waals surface area contributed by atoms with Crippen molar-refractivity contribution >= 4 is 22.2 Å². The molecule has 3 rings (SSSR count). The van der Waals surface area contributed by atoms with Gasteiger partial charge in [-0.3, -0.25) is 4.79 Å². The summed E-state index contributed by atoms with van der Waals surface area (Å²) >= 11 is 0. The van der Waals surface area contributed by atoms with Crippen molar-refractivity contribution < 1.29 is 18.0 Å². The van der Waals surface area contributed by atoms with Crippen LogP contribution in [0.5, 0.6) is 0 Å². The summed E-state index contributed by atoms with van der Waals surface area (Å²) in [5.41, 5.74) is 0.992. The van der Waals surface area contributed by atoms with E-state index in [0.717, 1.165) is 11.8 Å². The van der Waals surface area contributed by atoms with Gasteiger partial charge in [-0.2, -0.15) is 4.31 Å². The molecule has 0 radical (unpaired) electrons. The third kappa shape index (κ3) is 5.56. The van der Waals surface area contributed by atoms with Gasteiger partial charge in [-0.05, 0) is 13.0 Å². The van der Waals surface area contributed by atoms with Crippen LogP contribution in [0.25, 0.3) is 11.4 Å². The molecule has 0 spiro atoms. The van der Waals surface area contributed by atoms with Crippen LogP contribution in [0.2, 0.25) is 0 Å². The number of aldehydes is 1. The molecule has 2 N–H and O–H groups in total. The third-order valence-corrected chi connectivity index (χ3v) is 8.24. The van der Waals surface area contributed by atoms with Crippen molar-refractivity contribution in [1.82, 2.24) is 24.5 Å². The molecule has 0 saturated carbocycles. The second-order valence-corrected chi connectivity index (χ2v) is 11.9. The minimum atomic E-state index is -3.49. The Balaban J connectivity index is 2.01. The van der Waals surface area contributed by atoms with Gasteiger partial charge in [-0.1, -0.05) is 58.0 Å². The molecule has 0 fully saturated rings. The molecule has 10 heteroatoms. The summed E-state index contributed by atoms with van der Waals surface area (Å²) in [5.74, 6) is 0.149. The van der Waals surface area contributed by atoms with Gasteiger partial charge in [0.2, 0.25) is 10.0 Å². The molecule has 2 aromatic rings. The molecule has 0 aliphatic carbocycles. The van der Waals surface area contributed by atoms with Crippen molar-refractivity contribution in [3.63, 3.8) is 0 Å². The summed E-state index contributed by atoms with van der Waals surface area (Å²) in [7, 11) is -1.70. The van der Waals surface area contributed by atoms with Crippen molar-refractivity contribution in [1.29, 1.82) is 0 Å². The Labute approximate surface area is 202 Å². The van der Waals surface area contributed by atoms with E-state index in [2.05, 4.69) is 15.6 Å². The maximum Gasteiger partial charge on any atom is 0.272 e. The molecule has 1 aromatic carbocycles. The molecule has 0 unspecified atom stereocenters. The topological polar surface area (TPSA) is 113 Å². The van der Waals surface area contributed by atoms with Crippen molar-refractivity contribution in [2.24, 2.45) is 11.3 Å². The Kier molecular flexibility index (Phi) is 7.95. The molecule has 186 valence electrons. The summed E-state index contributed by atoms with van der Waals surface area (Å²) in [6, 6.07) is 8.75. The van der Waals surface area contributed by atoms with Crippen molar-refractivity contribution in [2.75, 3.05) is 25.9 Å². The number of fused-ring (bicyclic) bond motifs is 1. The lowest BCUT2D eigenvalue weighted by Gasteiger charge is -2.31. The lowest BCUT2D eigenvalue weighted by molar-refractivity contribution is -0.111. The van der Waals surface area contributed by atoms with Crippen molar-refractivity contribution in [3.05, 3.63) is 41.7 Å². The summed E-state index contributed by atoms with van der Waals surface area (Å²) in [5, 5.41) is 5.86. The number of nitrogens with one attached hydrogen (secondary N) is 2. The van der Waals surface area contributed by atoms with E-state index in [1.54, 1.807) is 7.05 Å². The minimum Gasteiger partial charge on any atom is -0.341 e. The van der Waals surface area contributed by atoms with Gasteiger partial charge in [-0.25, -0.2) is 13.4 Å². The zero-order valence-corrected chi connectivity index (χ0v) is 21.4. The van der Waals surface area contributed by atoms with Gasteiger partial charge < -0.3 is 20.0 Å². The molecule has 1 aliphatic rings. The van der Waals surface area contributed by atoms with Crippen LogP contribution < -0.4 is 10.6 Å². The van der Waals surface area contributed by atoms with Gasteiger partial charge in [0.1, 0.15) is 12.1 Å². The predicted molar refractivity (Wildman–Crippen MR) is 132 cm³/mol. The van der Waals surface area contributed by atoms with Crippen LogP contribution in [0.4, 0.5) is 0 Å². The highest BCUT2D eigenvalue weighted by Crippen LogP contribution is 2.28. The quantitative estimate of drug-likeness (QED) is 0.493. The second kappa shape index (κ2) is 10.4. The maximum absolute atomic E-state index is 13.4. The van der Waals surface area contributed by atoms with Gasteiger partial charge >= 0.3 is 0 Å². The molecule has 1 amide bonds. The lowest BCUT2D eigenvalue weighted by atomic mass is 9.85. The minimum absolute atomic E-state index is 0.0118. The van der Waals surface area contributed by atoms with E-state index in [1.807, 2.05) is 62.6 Å². The third-order valence-electron chi connectivity index (χ3n) is 6.05. The number of imidazole rings is 1. The molecule has 0 saturated heterocycles. The first-order valence-electron chi connectivity index (χ1n) is 11.5. The van der Waals surface area contributed by atoms with Gasteiger partial charge in [0, 0.05) is 30.6 Å². The highest BCUT2D eigenvalue weighted by Gasteiger charge is 2.35. The number of benzene rings is 1. The SMILES string of the molecule is CNCC(C)(C)[C@@H](C=O)NC(=O)c1nc(-c2ccccc2)n2c1CN(S(=O)(=O)CC(C)C)CC2. The fourth-order valence-electron chi connectivity index (χ4n) is 4.29. The van der Waals surface area contributed by atoms with E-state index in [1.165, 1.54) is 4.31 Å². The molecule has 9 nitrogen and oxygen atoms in total. The van der Waals surface area contributed by atoms with E-state index in [4.69, 9.17) is 0 Å². The van der Waals surface area contributed by atoms with E-state index in [-0.39, 0.29) is 23.9 Å². The number of sulfonamides is 1. The lowest BCUT2D eigenvalue weighted by Crippen LogP contribution is -2.50. The van der Waals surface area contributed by atoms with Gasteiger partial charge in [0.05, 0.1) is 24.0 Å². The average molecular weight is 490 g/mol. The summed E-state index contributed by atoms with van der Waals surface area (Å²) in [4.78, 5) is 29.9. The van der Waals surface area contributed by atoms with Crippen LogP contribution in [0.15, 0.2) is 30.3 Å². The number of carbonyl (C=O) groups excluding carboxylic acids is 2. The molecule has 0 bridgehead atoms. The number of hydrogen-bond acceptors (Lipinski definition) is 6. The molecule has 34 heavy (non-hydrogen) atoms. The Morgan fingerprint density at radius 1 is 1.21 bits per heavy atom. The van der Waals surface area contributed by atoms with Crippen molar-refractivity contribution in [2.45, 2.75) is 46.8 Å². The van der Waals surface area contributed by atoms with Crippen LogP contribution >= 0.6 is 0 Å². The monoisotopic (exact) mass is 489 g/mol. The number of hydrogen-bond donors (Lipinski definition) is 2. The van der Waals surface area contributed by atoms with E-state index in [9.17, 15) is 18.0 Å². The predicted octanol–water partition coefficient (Wildman–Crippen LogP) is 1.89. The van der Waals surface area contributed by atoms with Gasteiger partial charge in [-0.15, -0.1) is 0 Å². The second-order valence-electron chi connectivity index (χ2n) is 9.86. The fraction of sp³-hybridized carbons (Fsp3) is 0.542. The highest BCUT2D eigenvalue weighted by atomic mass is 32.2. The highest BCUT2D eigenvalue weighted by molar-refractivity contribution is 7.89. The molecular weight excluding hydrogens is 454 g/mol. The smallest absolute Gasteiger partial charge is 0.272 e. The number of carbonyl (C=O) groups is 2. The largest absolute Gasteiger partial charge is 0.341 e. The molecule has 1 aromatic heterocycles.